The molecule has 0 bridgehead atoms. The molecule has 30 heavy (non-hydrogen) atoms. The van der Waals surface area contributed by atoms with Gasteiger partial charge in [-0.2, -0.15) is 0 Å². The monoisotopic (exact) mass is 410 g/mol. The first-order valence-corrected chi connectivity index (χ1v) is 10.3. The number of rotatable bonds is 8. The number of amides is 1. The zero-order chi connectivity index (χ0) is 21.5. The van der Waals surface area contributed by atoms with E-state index in [9.17, 15) is 9.59 Å². The largest absolute Gasteiger partial charge is 0.373 e. The molecule has 1 atom stereocenters. The van der Waals surface area contributed by atoms with Crippen LogP contribution in [0.3, 0.4) is 0 Å². The van der Waals surface area contributed by atoms with Gasteiger partial charge in [0.25, 0.3) is 5.56 Å². The first kappa shape index (κ1) is 21.6. The standard InChI is InChI=1S/C22H30N6O2/c1-4-28(18-8-11-27(15-18)21(29)6-5-9-23-2)19-12-17(14-26-22(19)30)16-7-10-25-20(13-16)24-3/h5-7,10,12-14,18,23H,4,8-9,11,15H2,1-3H3,(H,24,25)(H,26,30)/t18-/m1/s1. The Balaban J connectivity index is 1.81. The normalized spacial score (nSPS) is 16.2. The summed E-state index contributed by atoms with van der Waals surface area (Å²) in [5.74, 6) is 0.784. The van der Waals surface area contributed by atoms with Gasteiger partial charge in [0, 0.05) is 63.3 Å². The van der Waals surface area contributed by atoms with Gasteiger partial charge in [0.15, 0.2) is 0 Å². The molecular formula is C22H30N6O2. The maximum atomic E-state index is 12.7. The highest BCUT2D eigenvalue weighted by Crippen LogP contribution is 2.26. The fraction of sp³-hybridized carbons (Fsp3) is 0.409. The number of H-pyrrole nitrogens is 1. The summed E-state index contributed by atoms with van der Waals surface area (Å²) in [7, 11) is 3.67. The molecule has 3 rings (SSSR count). The minimum Gasteiger partial charge on any atom is -0.373 e. The Morgan fingerprint density at radius 3 is 2.93 bits per heavy atom. The van der Waals surface area contributed by atoms with Crippen LogP contribution in [0.2, 0.25) is 0 Å². The van der Waals surface area contributed by atoms with Gasteiger partial charge in [-0.3, -0.25) is 9.59 Å². The zero-order valence-corrected chi connectivity index (χ0v) is 17.8. The molecule has 2 aromatic heterocycles. The van der Waals surface area contributed by atoms with Crippen LogP contribution in [-0.4, -0.2) is 67.1 Å². The Labute approximate surface area is 177 Å². The molecule has 0 unspecified atom stereocenters. The number of likely N-dealkylation sites (N-methyl/N-ethyl adjacent to an activating group) is 2. The lowest BCUT2D eigenvalue weighted by Gasteiger charge is -2.29. The summed E-state index contributed by atoms with van der Waals surface area (Å²) >= 11 is 0. The molecule has 1 saturated heterocycles. The molecule has 1 aliphatic rings. The van der Waals surface area contributed by atoms with Crippen LogP contribution in [0.1, 0.15) is 13.3 Å². The molecule has 1 amide bonds. The first-order valence-electron chi connectivity index (χ1n) is 10.3. The molecule has 160 valence electrons. The minimum atomic E-state index is -0.123. The number of carbonyl (C=O) groups excluding carboxylic acids is 1. The van der Waals surface area contributed by atoms with Crippen LogP contribution in [0, 0.1) is 0 Å². The number of likely N-dealkylation sites (tertiary alicyclic amines) is 1. The lowest BCUT2D eigenvalue weighted by Crippen LogP contribution is -2.41. The number of aromatic nitrogens is 2. The van der Waals surface area contributed by atoms with Gasteiger partial charge in [-0.25, -0.2) is 4.98 Å². The Morgan fingerprint density at radius 2 is 2.20 bits per heavy atom. The summed E-state index contributed by atoms with van der Waals surface area (Å²) in [6.07, 6.45) is 7.75. The van der Waals surface area contributed by atoms with Crippen molar-refractivity contribution in [3.05, 3.63) is 53.1 Å². The minimum absolute atomic E-state index is 0.0165. The lowest BCUT2D eigenvalue weighted by atomic mass is 10.1. The van der Waals surface area contributed by atoms with Crippen molar-refractivity contribution in [3.63, 3.8) is 0 Å². The van der Waals surface area contributed by atoms with Gasteiger partial charge in [0.2, 0.25) is 5.91 Å². The summed E-state index contributed by atoms with van der Waals surface area (Å²) in [6.45, 7) is 4.69. The van der Waals surface area contributed by atoms with Gasteiger partial charge in [-0.1, -0.05) is 6.08 Å². The fourth-order valence-electron chi connectivity index (χ4n) is 3.80. The number of aromatic amines is 1. The van der Waals surface area contributed by atoms with Crippen molar-refractivity contribution in [2.24, 2.45) is 0 Å². The second-order valence-electron chi connectivity index (χ2n) is 7.26. The number of carbonyl (C=O) groups is 1. The molecule has 3 N–H and O–H groups in total. The van der Waals surface area contributed by atoms with Crippen molar-refractivity contribution in [2.45, 2.75) is 19.4 Å². The molecule has 0 aromatic carbocycles. The Bertz CT molecular complexity index is 955. The SMILES string of the molecule is CCN(c1cc(-c2ccnc(NC)c2)c[nH]c1=O)[C@@H]1CCN(C(=O)C=CCNC)C1. The number of nitrogens with zero attached hydrogens (tertiary/aromatic N) is 3. The van der Waals surface area contributed by atoms with Crippen molar-refractivity contribution in [1.29, 1.82) is 0 Å². The van der Waals surface area contributed by atoms with Crippen molar-refractivity contribution in [2.75, 3.05) is 50.5 Å². The maximum absolute atomic E-state index is 12.7. The second-order valence-corrected chi connectivity index (χ2v) is 7.26. The van der Waals surface area contributed by atoms with Crippen molar-refractivity contribution < 1.29 is 4.79 Å². The van der Waals surface area contributed by atoms with Crippen LogP contribution < -0.4 is 21.1 Å². The van der Waals surface area contributed by atoms with Crippen LogP contribution >= 0.6 is 0 Å². The fourth-order valence-corrected chi connectivity index (χ4v) is 3.80. The molecular weight excluding hydrogens is 380 g/mol. The Hall–Kier alpha value is -3.13. The third-order valence-corrected chi connectivity index (χ3v) is 5.38. The number of pyridine rings is 2. The summed E-state index contributed by atoms with van der Waals surface area (Å²) in [5.41, 5.74) is 2.40. The highest BCUT2D eigenvalue weighted by Gasteiger charge is 2.30. The van der Waals surface area contributed by atoms with E-state index >= 15 is 0 Å². The number of hydrogen-bond acceptors (Lipinski definition) is 6. The molecule has 0 radical (unpaired) electrons. The molecule has 8 nitrogen and oxygen atoms in total. The topological polar surface area (TPSA) is 93.4 Å². The predicted octanol–water partition coefficient (Wildman–Crippen LogP) is 1.68. The molecule has 1 aliphatic heterocycles. The number of hydrogen-bond donors (Lipinski definition) is 3. The van der Waals surface area contributed by atoms with Crippen LogP contribution in [-0.2, 0) is 4.79 Å². The Morgan fingerprint density at radius 1 is 1.37 bits per heavy atom. The van der Waals surface area contributed by atoms with E-state index in [4.69, 9.17) is 0 Å². The number of anilines is 2. The average Bonchev–Trinajstić information content (AvgIpc) is 3.25. The van der Waals surface area contributed by atoms with Gasteiger partial charge >= 0.3 is 0 Å². The molecule has 8 heteroatoms. The Kier molecular flexibility index (Phi) is 7.24. The molecule has 0 saturated carbocycles. The summed E-state index contributed by atoms with van der Waals surface area (Å²) in [4.78, 5) is 36.1. The highest BCUT2D eigenvalue weighted by atomic mass is 16.2. The van der Waals surface area contributed by atoms with E-state index in [1.165, 1.54) is 0 Å². The molecule has 0 aliphatic carbocycles. The smallest absolute Gasteiger partial charge is 0.271 e. The summed E-state index contributed by atoms with van der Waals surface area (Å²) < 4.78 is 0. The van der Waals surface area contributed by atoms with Crippen LogP contribution in [0.15, 0.2) is 47.5 Å². The predicted molar refractivity (Wildman–Crippen MR) is 121 cm³/mol. The summed E-state index contributed by atoms with van der Waals surface area (Å²) in [5, 5.41) is 6.03. The van der Waals surface area contributed by atoms with Crippen molar-refractivity contribution in [3.8, 4) is 11.1 Å². The van der Waals surface area contributed by atoms with Crippen molar-refractivity contribution >= 4 is 17.4 Å². The molecule has 1 fully saturated rings. The van der Waals surface area contributed by atoms with Crippen LogP contribution in [0.4, 0.5) is 11.5 Å². The van der Waals surface area contributed by atoms with E-state index in [0.717, 1.165) is 23.4 Å². The third-order valence-electron chi connectivity index (χ3n) is 5.38. The van der Waals surface area contributed by atoms with E-state index in [-0.39, 0.29) is 17.5 Å². The van der Waals surface area contributed by atoms with E-state index < -0.39 is 0 Å². The third kappa shape index (κ3) is 4.88. The van der Waals surface area contributed by atoms with Crippen molar-refractivity contribution in [1.82, 2.24) is 20.2 Å². The second kappa shape index (κ2) is 10.1. The van der Waals surface area contributed by atoms with Gasteiger partial charge in [0.1, 0.15) is 11.5 Å². The highest BCUT2D eigenvalue weighted by molar-refractivity contribution is 5.88. The van der Waals surface area contributed by atoms with E-state index in [2.05, 4.69) is 25.5 Å². The maximum Gasteiger partial charge on any atom is 0.271 e. The van der Waals surface area contributed by atoms with Gasteiger partial charge < -0.3 is 25.4 Å². The first-order chi connectivity index (χ1) is 14.6. The molecule has 0 spiro atoms. The van der Waals surface area contributed by atoms with E-state index in [0.29, 0.717) is 31.9 Å². The van der Waals surface area contributed by atoms with Gasteiger partial charge in [0.05, 0.1) is 0 Å². The quantitative estimate of drug-likeness (QED) is 0.574. The van der Waals surface area contributed by atoms with E-state index in [1.54, 1.807) is 18.5 Å². The molecule has 2 aromatic rings. The van der Waals surface area contributed by atoms with Gasteiger partial charge in [-0.05, 0) is 44.2 Å². The average molecular weight is 411 g/mol. The van der Waals surface area contributed by atoms with Gasteiger partial charge in [-0.15, -0.1) is 0 Å². The number of nitrogens with one attached hydrogen (secondary N) is 3. The lowest BCUT2D eigenvalue weighted by molar-refractivity contribution is -0.125. The van der Waals surface area contributed by atoms with E-state index in [1.807, 2.05) is 50.2 Å². The zero-order valence-electron chi connectivity index (χ0n) is 17.8. The molecule has 3 heterocycles. The van der Waals surface area contributed by atoms with Crippen LogP contribution in [0.25, 0.3) is 11.1 Å². The summed E-state index contributed by atoms with van der Waals surface area (Å²) in [6, 6.07) is 5.90. The van der Waals surface area contributed by atoms with Crippen LogP contribution in [0.5, 0.6) is 0 Å².